The number of rotatable bonds is 5. The van der Waals surface area contributed by atoms with Crippen molar-refractivity contribution in [1.82, 2.24) is 9.38 Å². The molecule has 5 nitrogen and oxygen atoms in total. The van der Waals surface area contributed by atoms with Crippen molar-refractivity contribution in [2.24, 2.45) is 0 Å². The maximum absolute atomic E-state index is 13.8. The zero-order valence-electron chi connectivity index (χ0n) is 14.2. The Morgan fingerprint density at radius 1 is 1.19 bits per heavy atom. The molecule has 26 heavy (non-hydrogen) atoms. The summed E-state index contributed by atoms with van der Waals surface area (Å²) in [5.41, 5.74) is 2.16. The number of esters is 1. The van der Waals surface area contributed by atoms with Gasteiger partial charge in [-0.05, 0) is 37.1 Å². The van der Waals surface area contributed by atoms with Crippen LogP contribution in [0.4, 0.5) is 4.39 Å². The van der Waals surface area contributed by atoms with Gasteiger partial charge >= 0.3 is 5.97 Å². The highest BCUT2D eigenvalue weighted by Crippen LogP contribution is 2.13. The number of imidazole rings is 1. The lowest BCUT2D eigenvalue weighted by Crippen LogP contribution is -2.12. The molecule has 0 radical (unpaired) electrons. The average Bonchev–Trinajstić information content (AvgIpc) is 2.99. The number of hydrogen-bond acceptors (Lipinski definition) is 4. The standard InChI is InChI=1S/C20H17FN2O3/c1-2-26-20(24)14-25-13-17-18(23-12-6-5-9-19(23)22-17)11-10-15-7-3-4-8-16(15)21/h3-9,12H,2,13-14H2,1H3. The van der Waals surface area contributed by atoms with Gasteiger partial charge in [0, 0.05) is 6.20 Å². The molecule has 2 heterocycles. The third-order valence-corrected chi connectivity index (χ3v) is 3.56. The summed E-state index contributed by atoms with van der Waals surface area (Å²) < 4.78 is 25.8. The number of halogens is 1. The van der Waals surface area contributed by atoms with Crippen LogP contribution in [0.1, 0.15) is 23.9 Å². The van der Waals surface area contributed by atoms with E-state index in [0.717, 1.165) is 0 Å². The molecule has 0 saturated carbocycles. The Balaban J connectivity index is 1.88. The number of ether oxygens (including phenoxy) is 2. The number of hydrogen-bond donors (Lipinski definition) is 0. The van der Waals surface area contributed by atoms with Crippen LogP contribution in [0.25, 0.3) is 5.65 Å². The van der Waals surface area contributed by atoms with Gasteiger partial charge in [-0.3, -0.25) is 4.40 Å². The average molecular weight is 352 g/mol. The first kappa shape index (κ1) is 17.6. The smallest absolute Gasteiger partial charge is 0.332 e. The van der Waals surface area contributed by atoms with E-state index in [9.17, 15) is 9.18 Å². The van der Waals surface area contributed by atoms with Crippen molar-refractivity contribution in [3.05, 3.63) is 71.4 Å². The zero-order chi connectivity index (χ0) is 18.4. The molecule has 0 aliphatic carbocycles. The van der Waals surface area contributed by atoms with E-state index < -0.39 is 5.97 Å². The molecule has 0 fully saturated rings. The van der Waals surface area contributed by atoms with Crippen molar-refractivity contribution >= 4 is 11.6 Å². The number of carbonyl (C=O) groups excluding carboxylic acids is 1. The Hall–Kier alpha value is -3.17. The normalized spacial score (nSPS) is 10.4. The first-order valence-electron chi connectivity index (χ1n) is 8.15. The summed E-state index contributed by atoms with van der Waals surface area (Å²) in [6.45, 7) is 1.97. The molecule has 0 bridgehead atoms. The van der Waals surface area contributed by atoms with Crippen molar-refractivity contribution in [1.29, 1.82) is 0 Å². The van der Waals surface area contributed by atoms with E-state index in [1.165, 1.54) is 6.07 Å². The van der Waals surface area contributed by atoms with Crippen LogP contribution in [0.3, 0.4) is 0 Å². The fraction of sp³-hybridized carbons (Fsp3) is 0.200. The van der Waals surface area contributed by atoms with Crippen molar-refractivity contribution in [2.75, 3.05) is 13.2 Å². The maximum Gasteiger partial charge on any atom is 0.332 e. The second kappa shape index (κ2) is 8.28. The summed E-state index contributed by atoms with van der Waals surface area (Å²) in [4.78, 5) is 15.9. The zero-order valence-corrected chi connectivity index (χ0v) is 14.2. The lowest BCUT2D eigenvalue weighted by molar-refractivity contribution is -0.148. The molecule has 132 valence electrons. The Morgan fingerprint density at radius 2 is 2.00 bits per heavy atom. The first-order chi connectivity index (χ1) is 12.7. The SMILES string of the molecule is CCOC(=O)COCc1nc2ccccn2c1C#Cc1ccccc1F. The molecule has 3 aromatic rings. The molecule has 0 aliphatic rings. The number of pyridine rings is 1. The second-order valence-corrected chi connectivity index (χ2v) is 5.36. The van der Waals surface area contributed by atoms with E-state index >= 15 is 0 Å². The largest absolute Gasteiger partial charge is 0.464 e. The number of fused-ring (bicyclic) bond motifs is 1. The Kier molecular flexibility index (Phi) is 5.62. The van der Waals surface area contributed by atoms with E-state index in [-0.39, 0.29) is 19.0 Å². The summed E-state index contributed by atoms with van der Waals surface area (Å²) in [5.74, 6) is 4.99. The van der Waals surface area contributed by atoms with Gasteiger partial charge in [0.2, 0.25) is 0 Å². The molecule has 0 N–H and O–H groups in total. The molecular formula is C20H17FN2O3. The molecule has 0 amide bonds. The van der Waals surface area contributed by atoms with Gasteiger partial charge in [0.1, 0.15) is 29.5 Å². The predicted molar refractivity (Wildman–Crippen MR) is 93.9 cm³/mol. The Morgan fingerprint density at radius 3 is 2.81 bits per heavy atom. The minimum atomic E-state index is -0.435. The van der Waals surface area contributed by atoms with Crippen molar-refractivity contribution < 1.29 is 18.7 Å². The van der Waals surface area contributed by atoms with Gasteiger partial charge in [0.15, 0.2) is 0 Å². The molecule has 1 aromatic carbocycles. The van der Waals surface area contributed by atoms with Crippen molar-refractivity contribution in [3.8, 4) is 11.8 Å². The molecule has 3 rings (SSSR count). The van der Waals surface area contributed by atoms with Crippen LogP contribution in [0.15, 0.2) is 48.7 Å². The molecule has 0 unspecified atom stereocenters. The molecule has 0 spiro atoms. The highest BCUT2D eigenvalue weighted by atomic mass is 19.1. The van der Waals surface area contributed by atoms with Gasteiger partial charge in [0.25, 0.3) is 0 Å². The topological polar surface area (TPSA) is 52.8 Å². The van der Waals surface area contributed by atoms with Crippen LogP contribution in [0.2, 0.25) is 0 Å². The number of carbonyl (C=O) groups is 1. The van der Waals surface area contributed by atoms with Gasteiger partial charge in [0.05, 0.1) is 18.8 Å². The van der Waals surface area contributed by atoms with Crippen LogP contribution in [0.5, 0.6) is 0 Å². The van der Waals surface area contributed by atoms with Gasteiger partial charge < -0.3 is 9.47 Å². The van der Waals surface area contributed by atoms with E-state index in [1.807, 2.05) is 24.4 Å². The van der Waals surface area contributed by atoms with Crippen LogP contribution >= 0.6 is 0 Å². The maximum atomic E-state index is 13.8. The monoisotopic (exact) mass is 352 g/mol. The van der Waals surface area contributed by atoms with Crippen molar-refractivity contribution in [3.63, 3.8) is 0 Å². The minimum Gasteiger partial charge on any atom is -0.464 e. The fourth-order valence-electron chi connectivity index (χ4n) is 2.40. The molecule has 6 heteroatoms. The van der Waals surface area contributed by atoms with Crippen LogP contribution in [0, 0.1) is 17.7 Å². The van der Waals surface area contributed by atoms with E-state index in [0.29, 0.717) is 29.2 Å². The van der Waals surface area contributed by atoms with Crippen LogP contribution < -0.4 is 0 Å². The van der Waals surface area contributed by atoms with Crippen LogP contribution in [-0.2, 0) is 20.9 Å². The van der Waals surface area contributed by atoms with Crippen molar-refractivity contribution in [2.45, 2.75) is 13.5 Å². The second-order valence-electron chi connectivity index (χ2n) is 5.36. The fourth-order valence-corrected chi connectivity index (χ4v) is 2.40. The third kappa shape index (κ3) is 4.08. The Bertz CT molecular complexity index is 985. The van der Waals surface area contributed by atoms with Gasteiger partial charge in [-0.25, -0.2) is 14.2 Å². The summed E-state index contributed by atoms with van der Waals surface area (Å²) in [7, 11) is 0. The molecule has 0 saturated heterocycles. The number of nitrogens with zero attached hydrogens (tertiary/aromatic N) is 2. The molecular weight excluding hydrogens is 335 g/mol. The van der Waals surface area contributed by atoms with Crippen LogP contribution in [-0.4, -0.2) is 28.6 Å². The summed E-state index contributed by atoms with van der Waals surface area (Å²) >= 11 is 0. The summed E-state index contributed by atoms with van der Waals surface area (Å²) in [6, 6.07) is 11.9. The first-order valence-corrected chi connectivity index (χ1v) is 8.15. The lowest BCUT2D eigenvalue weighted by Gasteiger charge is -2.03. The summed E-state index contributed by atoms with van der Waals surface area (Å²) in [5, 5.41) is 0. The van der Waals surface area contributed by atoms with E-state index in [4.69, 9.17) is 9.47 Å². The Labute approximate surface area is 150 Å². The van der Waals surface area contributed by atoms with Gasteiger partial charge in [-0.2, -0.15) is 0 Å². The third-order valence-electron chi connectivity index (χ3n) is 3.56. The van der Waals surface area contributed by atoms with E-state index in [1.54, 1.807) is 29.5 Å². The number of aromatic nitrogens is 2. The predicted octanol–water partition coefficient (Wildman–Crippen LogP) is 2.95. The molecule has 0 atom stereocenters. The molecule has 2 aromatic heterocycles. The lowest BCUT2D eigenvalue weighted by atomic mass is 10.2. The molecule has 0 aliphatic heterocycles. The number of benzene rings is 1. The van der Waals surface area contributed by atoms with Gasteiger partial charge in [-0.15, -0.1) is 0 Å². The van der Waals surface area contributed by atoms with Gasteiger partial charge in [-0.1, -0.05) is 24.1 Å². The highest BCUT2D eigenvalue weighted by Gasteiger charge is 2.11. The minimum absolute atomic E-state index is 0.0990. The quantitative estimate of drug-likeness (QED) is 0.523. The van der Waals surface area contributed by atoms with E-state index in [2.05, 4.69) is 16.8 Å². The highest BCUT2D eigenvalue weighted by molar-refractivity contribution is 5.70. The summed E-state index contributed by atoms with van der Waals surface area (Å²) in [6.07, 6.45) is 1.82.